The zero-order valence-corrected chi connectivity index (χ0v) is 8.62. The van der Waals surface area contributed by atoms with Crippen LogP contribution in [0.1, 0.15) is 18.1 Å². The highest BCUT2D eigenvalue weighted by Gasteiger charge is 1.99. The largest absolute Gasteiger partial charge is 0.0870 e. The van der Waals surface area contributed by atoms with Gasteiger partial charge >= 0.3 is 0 Å². The van der Waals surface area contributed by atoms with Crippen LogP contribution in [0.2, 0.25) is 0 Å². The molecule has 2 aromatic carbocycles. The molecule has 0 spiro atoms. The number of rotatable bonds is 1. The molecule has 0 radical (unpaired) electrons. The normalized spacial score (nSPS) is 11.3. The van der Waals surface area contributed by atoms with Crippen LogP contribution in [0.25, 0.3) is 16.8 Å². The number of fused-ring (bicyclic) bond motifs is 1. The standard InChI is InChI=1S/C14H14/c1-3-6-13-11(2)9-10-12-7-4-5-8-14(12)13/h3-10H,1-2H3. The zero-order valence-electron chi connectivity index (χ0n) is 8.62. The molecule has 0 bridgehead atoms. The minimum atomic E-state index is 1.31. The molecular formula is C14H14. The molecule has 0 amide bonds. The Morgan fingerprint density at radius 2 is 1.79 bits per heavy atom. The van der Waals surface area contributed by atoms with Crippen molar-refractivity contribution in [2.75, 3.05) is 0 Å². The minimum Gasteiger partial charge on any atom is -0.0870 e. The molecule has 0 saturated carbocycles. The Labute approximate surface area is 84.9 Å². The van der Waals surface area contributed by atoms with Gasteiger partial charge in [-0.25, -0.2) is 0 Å². The molecule has 70 valence electrons. The first kappa shape index (κ1) is 9.01. The topological polar surface area (TPSA) is 0 Å². The summed E-state index contributed by atoms with van der Waals surface area (Å²) in [5.74, 6) is 0. The SMILES string of the molecule is CC=Cc1c(C)ccc2ccccc12. The highest BCUT2D eigenvalue weighted by Crippen LogP contribution is 2.23. The summed E-state index contributed by atoms with van der Waals surface area (Å²) in [7, 11) is 0. The summed E-state index contributed by atoms with van der Waals surface area (Å²) in [6.07, 6.45) is 4.27. The fourth-order valence-corrected chi connectivity index (χ4v) is 1.79. The van der Waals surface area contributed by atoms with E-state index in [9.17, 15) is 0 Å². The van der Waals surface area contributed by atoms with Crippen molar-refractivity contribution >= 4 is 16.8 Å². The quantitative estimate of drug-likeness (QED) is 0.620. The summed E-state index contributed by atoms with van der Waals surface area (Å²) < 4.78 is 0. The molecule has 0 atom stereocenters. The van der Waals surface area contributed by atoms with Crippen LogP contribution in [-0.4, -0.2) is 0 Å². The third-order valence-electron chi connectivity index (χ3n) is 2.52. The molecule has 0 nitrogen and oxygen atoms in total. The molecule has 0 heteroatoms. The molecule has 0 N–H and O–H groups in total. The van der Waals surface area contributed by atoms with Gasteiger partial charge in [-0.15, -0.1) is 0 Å². The molecule has 0 heterocycles. The van der Waals surface area contributed by atoms with Crippen LogP contribution in [0.5, 0.6) is 0 Å². The van der Waals surface area contributed by atoms with Crippen LogP contribution in [-0.2, 0) is 0 Å². The second-order valence-corrected chi connectivity index (χ2v) is 3.52. The van der Waals surface area contributed by atoms with Gasteiger partial charge in [-0.2, -0.15) is 0 Å². The maximum Gasteiger partial charge on any atom is -0.0109 e. The molecule has 0 unspecified atom stereocenters. The third-order valence-corrected chi connectivity index (χ3v) is 2.52. The van der Waals surface area contributed by atoms with Crippen molar-refractivity contribution in [3.63, 3.8) is 0 Å². The molecule has 2 rings (SSSR count). The third kappa shape index (κ3) is 1.44. The maximum atomic E-state index is 2.18. The van der Waals surface area contributed by atoms with Gasteiger partial charge in [0.1, 0.15) is 0 Å². The zero-order chi connectivity index (χ0) is 9.97. The van der Waals surface area contributed by atoms with Crippen LogP contribution >= 0.6 is 0 Å². The van der Waals surface area contributed by atoms with Crippen molar-refractivity contribution in [2.24, 2.45) is 0 Å². The van der Waals surface area contributed by atoms with E-state index in [0.29, 0.717) is 0 Å². The minimum absolute atomic E-state index is 1.31. The number of aryl methyl sites for hydroxylation is 1. The second-order valence-electron chi connectivity index (χ2n) is 3.52. The van der Waals surface area contributed by atoms with Crippen molar-refractivity contribution in [1.29, 1.82) is 0 Å². The Balaban J connectivity index is 2.82. The predicted molar refractivity (Wildman–Crippen MR) is 63.4 cm³/mol. The monoisotopic (exact) mass is 182 g/mol. The molecule has 0 aliphatic rings. The number of allylic oxidation sites excluding steroid dienone is 1. The van der Waals surface area contributed by atoms with Gasteiger partial charge in [0.15, 0.2) is 0 Å². The number of hydrogen-bond acceptors (Lipinski definition) is 0. The van der Waals surface area contributed by atoms with Crippen molar-refractivity contribution in [3.8, 4) is 0 Å². The first-order valence-corrected chi connectivity index (χ1v) is 4.94. The smallest absolute Gasteiger partial charge is 0.0109 e. The van der Waals surface area contributed by atoms with Gasteiger partial charge < -0.3 is 0 Å². The van der Waals surface area contributed by atoms with E-state index < -0.39 is 0 Å². The molecule has 0 aliphatic carbocycles. The highest BCUT2D eigenvalue weighted by molar-refractivity contribution is 5.91. The van der Waals surface area contributed by atoms with Gasteiger partial charge in [0.25, 0.3) is 0 Å². The van der Waals surface area contributed by atoms with E-state index in [-0.39, 0.29) is 0 Å². The van der Waals surface area contributed by atoms with Crippen LogP contribution in [0.3, 0.4) is 0 Å². The number of benzene rings is 2. The van der Waals surface area contributed by atoms with E-state index in [1.54, 1.807) is 0 Å². The van der Waals surface area contributed by atoms with Crippen LogP contribution in [0.4, 0.5) is 0 Å². The molecule has 0 aromatic heterocycles. The molecule has 0 saturated heterocycles. The highest BCUT2D eigenvalue weighted by atomic mass is 14.0. The van der Waals surface area contributed by atoms with E-state index in [1.165, 1.54) is 21.9 Å². The Morgan fingerprint density at radius 3 is 2.57 bits per heavy atom. The summed E-state index contributed by atoms with van der Waals surface area (Å²) in [6, 6.07) is 12.9. The van der Waals surface area contributed by atoms with Gasteiger partial charge in [-0.3, -0.25) is 0 Å². The molecule has 2 aromatic rings. The Kier molecular flexibility index (Phi) is 2.36. The fourth-order valence-electron chi connectivity index (χ4n) is 1.79. The van der Waals surface area contributed by atoms with Crippen molar-refractivity contribution in [1.82, 2.24) is 0 Å². The van der Waals surface area contributed by atoms with Crippen LogP contribution < -0.4 is 0 Å². The fraction of sp³-hybridized carbons (Fsp3) is 0.143. The maximum absolute atomic E-state index is 2.18. The Bertz CT molecular complexity index is 478. The van der Waals surface area contributed by atoms with Crippen molar-refractivity contribution in [2.45, 2.75) is 13.8 Å². The van der Waals surface area contributed by atoms with Gasteiger partial charge in [-0.05, 0) is 35.7 Å². The van der Waals surface area contributed by atoms with E-state index in [0.717, 1.165) is 0 Å². The van der Waals surface area contributed by atoms with Gasteiger partial charge in [0, 0.05) is 0 Å². The first-order valence-electron chi connectivity index (χ1n) is 4.94. The summed E-state index contributed by atoms with van der Waals surface area (Å²) in [5.41, 5.74) is 2.67. The Morgan fingerprint density at radius 1 is 1.00 bits per heavy atom. The molecule has 0 fully saturated rings. The van der Waals surface area contributed by atoms with Crippen LogP contribution in [0.15, 0.2) is 42.5 Å². The summed E-state index contributed by atoms with van der Waals surface area (Å²) in [6.45, 7) is 4.21. The first-order chi connectivity index (χ1) is 6.83. The molecular weight excluding hydrogens is 168 g/mol. The Hall–Kier alpha value is -1.56. The predicted octanol–water partition coefficient (Wildman–Crippen LogP) is 4.18. The van der Waals surface area contributed by atoms with Crippen LogP contribution in [0, 0.1) is 6.92 Å². The molecule has 0 aliphatic heterocycles. The summed E-state index contributed by atoms with van der Waals surface area (Å²) >= 11 is 0. The number of hydrogen-bond donors (Lipinski definition) is 0. The van der Waals surface area contributed by atoms with Crippen molar-refractivity contribution < 1.29 is 0 Å². The lowest BCUT2D eigenvalue weighted by molar-refractivity contribution is 1.47. The lowest BCUT2D eigenvalue weighted by Crippen LogP contribution is -1.83. The van der Waals surface area contributed by atoms with Crippen molar-refractivity contribution in [3.05, 3.63) is 53.6 Å². The van der Waals surface area contributed by atoms with E-state index in [4.69, 9.17) is 0 Å². The van der Waals surface area contributed by atoms with Gasteiger partial charge in [0.05, 0.1) is 0 Å². The van der Waals surface area contributed by atoms with Gasteiger partial charge in [0.2, 0.25) is 0 Å². The average molecular weight is 182 g/mol. The average Bonchev–Trinajstić information content (AvgIpc) is 2.23. The van der Waals surface area contributed by atoms with E-state index in [2.05, 4.69) is 62.4 Å². The summed E-state index contributed by atoms with van der Waals surface area (Å²) in [4.78, 5) is 0. The summed E-state index contributed by atoms with van der Waals surface area (Å²) in [5, 5.41) is 2.65. The van der Waals surface area contributed by atoms with E-state index >= 15 is 0 Å². The lowest BCUT2D eigenvalue weighted by atomic mass is 9.99. The molecule has 14 heavy (non-hydrogen) atoms. The lowest BCUT2D eigenvalue weighted by Gasteiger charge is -2.05. The van der Waals surface area contributed by atoms with Gasteiger partial charge in [-0.1, -0.05) is 48.6 Å². The second kappa shape index (κ2) is 3.67. The van der Waals surface area contributed by atoms with E-state index in [1.807, 2.05) is 0 Å².